The molecule has 68 valence electrons. The van der Waals surface area contributed by atoms with Crippen LogP contribution in [0.2, 0.25) is 0 Å². The summed E-state index contributed by atoms with van der Waals surface area (Å²) in [6, 6.07) is 6.65. The second kappa shape index (κ2) is 3.65. The van der Waals surface area contributed by atoms with E-state index in [1.165, 1.54) is 42.4 Å². The molecule has 0 saturated carbocycles. The maximum absolute atomic E-state index is 5.36. The second-order valence-corrected chi connectivity index (χ2v) is 3.59. The molecule has 0 amide bonds. The van der Waals surface area contributed by atoms with E-state index in [1.54, 1.807) is 6.20 Å². The van der Waals surface area contributed by atoms with E-state index in [0.717, 1.165) is 0 Å². The van der Waals surface area contributed by atoms with Crippen LogP contribution in [0.4, 0.5) is 0 Å². The molecule has 1 aliphatic rings. The van der Waals surface area contributed by atoms with Gasteiger partial charge < -0.3 is 5.73 Å². The molecule has 1 aromatic rings. The molecule has 2 N–H and O–H groups in total. The standard InChI is InChI=1S/C12H15N/c13-8-7-10-5-6-11-3-1-2-4-12(11)9-10/h5-9H,1-4,13H2/b8-7+. The number of hydrogen-bond donors (Lipinski definition) is 1. The van der Waals surface area contributed by atoms with Crippen molar-refractivity contribution in [2.24, 2.45) is 5.73 Å². The number of aryl methyl sites for hydroxylation is 2. The zero-order chi connectivity index (χ0) is 9.10. The van der Waals surface area contributed by atoms with Gasteiger partial charge in [0, 0.05) is 0 Å². The lowest BCUT2D eigenvalue weighted by atomic mass is 9.90. The number of fused-ring (bicyclic) bond motifs is 1. The highest BCUT2D eigenvalue weighted by Crippen LogP contribution is 2.22. The molecular weight excluding hydrogens is 158 g/mol. The van der Waals surface area contributed by atoms with E-state index in [9.17, 15) is 0 Å². The van der Waals surface area contributed by atoms with Crippen molar-refractivity contribution in [1.82, 2.24) is 0 Å². The Morgan fingerprint density at radius 2 is 1.85 bits per heavy atom. The summed E-state index contributed by atoms with van der Waals surface area (Å²) >= 11 is 0. The minimum absolute atomic E-state index is 1.23. The molecule has 0 aliphatic heterocycles. The molecule has 0 atom stereocenters. The maximum Gasteiger partial charge on any atom is -0.00564 e. The van der Waals surface area contributed by atoms with E-state index < -0.39 is 0 Å². The third-order valence-corrected chi connectivity index (χ3v) is 2.66. The molecule has 0 saturated heterocycles. The van der Waals surface area contributed by atoms with Crippen molar-refractivity contribution in [2.45, 2.75) is 25.7 Å². The van der Waals surface area contributed by atoms with Crippen LogP contribution in [0.5, 0.6) is 0 Å². The van der Waals surface area contributed by atoms with E-state index in [1.807, 2.05) is 6.08 Å². The molecule has 0 radical (unpaired) electrons. The third-order valence-electron chi connectivity index (χ3n) is 2.66. The van der Waals surface area contributed by atoms with Crippen LogP contribution < -0.4 is 5.73 Å². The van der Waals surface area contributed by atoms with E-state index in [2.05, 4.69) is 18.2 Å². The third kappa shape index (κ3) is 1.74. The lowest BCUT2D eigenvalue weighted by Gasteiger charge is -2.15. The number of nitrogens with two attached hydrogens (primary N) is 1. The minimum atomic E-state index is 1.23. The monoisotopic (exact) mass is 173 g/mol. The van der Waals surface area contributed by atoms with Gasteiger partial charge in [0.1, 0.15) is 0 Å². The van der Waals surface area contributed by atoms with Gasteiger partial charge in [-0.2, -0.15) is 0 Å². The molecule has 2 rings (SSSR count). The summed E-state index contributed by atoms with van der Waals surface area (Å²) in [5, 5.41) is 0. The quantitative estimate of drug-likeness (QED) is 0.693. The average Bonchev–Trinajstić information content (AvgIpc) is 2.18. The molecule has 0 aromatic heterocycles. The van der Waals surface area contributed by atoms with Gasteiger partial charge in [0.05, 0.1) is 0 Å². The molecule has 0 fully saturated rings. The molecule has 0 spiro atoms. The van der Waals surface area contributed by atoms with E-state index in [4.69, 9.17) is 5.73 Å². The summed E-state index contributed by atoms with van der Waals surface area (Å²) in [5.74, 6) is 0. The van der Waals surface area contributed by atoms with Gasteiger partial charge in [-0.25, -0.2) is 0 Å². The zero-order valence-electron chi connectivity index (χ0n) is 7.79. The normalized spacial score (nSPS) is 16.0. The molecule has 0 bridgehead atoms. The summed E-state index contributed by atoms with van der Waals surface area (Å²) in [5.41, 5.74) is 9.62. The fraction of sp³-hybridized carbons (Fsp3) is 0.333. The van der Waals surface area contributed by atoms with Crippen LogP contribution in [0.1, 0.15) is 29.5 Å². The lowest BCUT2D eigenvalue weighted by Crippen LogP contribution is -2.02. The molecule has 13 heavy (non-hydrogen) atoms. The molecule has 0 heterocycles. The van der Waals surface area contributed by atoms with Crippen LogP contribution >= 0.6 is 0 Å². The molecule has 0 unspecified atom stereocenters. The fourth-order valence-corrected chi connectivity index (χ4v) is 1.97. The Kier molecular flexibility index (Phi) is 2.35. The van der Waals surface area contributed by atoms with Gasteiger partial charge in [-0.1, -0.05) is 18.2 Å². The molecule has 1 nitrogen and oxygen atoms in total. The van der Waals surface area contributed by atoms with Crippen molar-refractivity contribution in [1.29, 1.82) is 0 Å². The summed E-state index contributed by atoms with van der Waals surface area (Å²) in [6.45, 7) is 0. The van der Waals surface area contributed by atoms with Gasteiger partial charge in [-0.05, 0) is 54.6 Å². The Bertz CT molecular complexity index is 326. The van der Waals surface area contributed by atoms with Crippen LogP contribution in [-0.4, -0.2) is 0 Å². The van der Waals surface area contributed by atoms with E-state index in [0.29, 0.717) is 0 Å². The summed E-state index contributed by atoms with van der Waals surface area (Å²) in [4.78, 5) is 0. The molecular formula is C12H15N. The number of hydrogen-bond acceptors (Lipinski definition) is 1. The first-order valence-corrected chi connectivity index (χ1v) is 4.90. The average molecular weight is 173 g/mol. The minimum Gasteiger partial charge on any atom is -0.405 e. The van der Waals surface area contributed by atoms with Gasteiger partial charge in [-0.15, -0.1) is 0 Å². The van der Waals surface area contributed by atoms with Crippen molar-refractivity contribution >= 4 is 6.08 Å². The zero-order valence-corrected chi connectivity index (χ0v) is 7.79. The maximum atomic E-state index is 5.36. The Morgan fingerprint density at radius 3 is 2.62 bits per heavy atom. The number of benzene rings is 1. The van der Waals surface area contributed by atoms with Crippen LogP contribution in [-0.2, 0) is 12.8 Å². The Labute approximate surface area is 79.3 Å². The second-order valence-electron chi connectivity index (χ2n) is 3.59. The van der Waals surface area contributed by atoms with Gasteiger partial charge in [0.2, 0.25) is 0 Å². The van der Waals surface area contributed by atoms with Crippen LogP contribution in [0.15, 0.2) is 24.4 Å². The van der Waals surface area contributed by atoms with E-state index >= 15 is 0 Å². The molecule has 1 aliphatic carbocycles. The van der Waals surface area contributed by atoms with Crippen molar-refractivity contribution in [3.05, 3.63) is 41.1 Å². The highest BCUT2D eigenvalue weighted by molar-refractivity contribution is 5.51. The van der Waals surface area contributed by atoms with Crippen LogP contribution in [0, 0.1) is 0 Å². The smallest absolute Gasteiger partial charge is 0.00564 e. The highest BCUT2D eigenvalue weighted by Gasteiger charge is 2.08. The topological polar surface area (TPSA) is 26.0 Å². The SMILES string of the molecule is N/C=C/c1ccc2c(c1)CCCC2. The molecule has 1 heteroatoms. The van der Waals surface area contributed by atoms with Crippen molar-refractivity contribution in [3.63, 3.8) is 0 Å². The van der Waals surface area contributed by atoms with Crippen molar-refractivity contribution in [2.75, 3.05) is 0 Å². The van der Waals surface area contributed by atoms with E-state index in [-0.39, 0.29) is 0 Å². The van der Waals surface area contributed by atoms with Gasteiger partial charge in [0.15, 0.2) is 0 Å². The van der Waals surface area contributed by atoms with Gasteiger partial charge in [0.25, 0.3) is 0 Å². The predicted molar refractivity (Wildman–Crippen MR) is 56.3 cm³/mol. The van der Waals surface area contributed by atoms with Crippen molar-refractivity contribution in [3.8, 4) is 0 Å². The largest absolute Gasteiger partial charge is 0.405 e. The Morgan fingerprint density at radius 1 is 1.08 bits per heavy atom. The van der Waals surface area contributed by atoms with Gasteiger partial charge in [-0.3, -0.25) is 0 Å². The van der Waals surface area contributed by atoms with Crippen molar-refractivity contribution < 1.29 is 0 Å². The first-order valence-electron chi connectivity index (χ1n) is 4.90. The predicted octanol–water partition coefficient (Wildman–Crippen LogP) is 2.49. The molecule has 1 aromatic carbocycles. The Balaban J connectivity index is 2.35. The number of rotatable bonds is 1. The first kappa shape index (κ1) is 8.36. The lowest BCUT2D eigenvalue weighted by molar-refractivity contribution is 0.685. The fourth-order valence-electron chi connectivity index (χ4n) is 1.97. The highest BCUT2D eigenvalue weighted by atomic mass is 14.5. The van der Waals surface area contributed by atoms with Gasteiger partial charge >= 0.3 is 0 Å². The summed E-state index contributed by atoms with van der Waals surface area (Å²) < 4.78 is 0. The summed E-state index contributed by atoms with van der Waals surface area (Å²) in [7, 11) is 0. The summed E-state index contributed by atoms with van der Waals surface area (Å²) in [6.07, 6.45) is 8.73. The van der Waals surface area contributed by atoms with Crippen LogP contribution in [0.3, 0.4) is 0 Å². The Hall–Kier alpha value is -1.24. The van der Waals surface area contributed by atoms with Crippen LogP contribution in [0.25, 0.3) is 6.08 Å². The first-order chi connectivity index (χ1) is 6.40.